The van der Waals surface area contributed by atoms with Gasteiger partial charge in [0, 0.05) is 0 Å². The predicted molar refractivity (Wildman–Crippen MR) is 25.4 cm³/mol. The van der Waals surface area contributed by atoms with Gasteiger partial charge in [0.2, 0.25) is 0 Å². The molecule has 0 rings (SSSR count). The molecular formula is C2H3S2. The van der Waals surface area contributed by atoms with Gasteiger partial charge in [-0.05, 0) is 17.1 Å². The topological polar surface area (TPSA) is 0 Å². The summed E-state index contributed by atoms with van der Waals surface area (Å²) in [7, 11) is 1.20. The molecule has 0 amide bonds. The zero-order valence-electron chi connectivity index (χ0n) is 2.10. The fourth-order valence-corrected chi connectivity index (χ4v) is 0. The van der Waals surface area contributed by atoms with E-state index in [0.29, 0.717) is 0 Å². The quantitative estimate of drug-likeness (QED) is 0.445. The molecule has 0 aromatic heterocycles. The molecule has 0 aliphatic rings. The highest BCUT2D eigenvalue weighted by atomic mass is 33.1. The van der Waals surface area contributed by atoms with Gasteiger partial charge in [0.05, 0.1) is 0 Å². The van der Waals surface area contributed by atoms with E-state index in [1.807, 2.05) is 0 Å². The normalized spacial score (nSPS) is 6.25. The van der Waals surface area contributed by atoms with Crippen molar-refractivity contribution in [1.29, 1.82) is 0 Å². The molecular weight excluding hydrogens is 88.2 g/mol. The summed E-state index contributed by atoms with van der Waals surface area (Å²) in [6.45, 7) is 3.34. The number of rotatable bonds is 1. The summed E-state index contributed by atoms with van der Waals surface area (Å²) < 4.78 is 0. The standard InChI is InChI=1S/C2H3S2/c1-2-4-3/h2H,1H2. The minimum atomic E-state index is 1.20. The number of hydrogen-bond acceptors (Lipinski definition) is 1. The Morgan fingerprint density at radius 1 is 2.00 bits per heavy atom. The molecule has 0 aliphatic carbocycles. The monoisotopic (exact) mass is 91.0 g/mol. The maximum absolute atomic E-state index is 4.35. The van der Waals surface area contributed by atoms with Gasteiger partial charge < -0.3 is 0 Å². The Morgan fingerprint density at radius 2 is 2.25 bits per heavy atom. The third-order valence-electron chi connectivity index (χ3n) is 0.0680. The summed E-state index contributed by atoms with van der Waals surface area (Å²) >= 11 is 4.35. The van der Waals surface area contributed by atoms with Crippen LogP contribution in [0.5, 0.6) is 0 Å². The van der Waals surface area contributed by atoms with Crippen LogP contribution in [0, 0.1) is 0 Å². The van der Waals surface area contributed by atoms with Gasteiger partial charge in [-0.3, -0.25) is 0 Å². The van der Waals surface area contributed by atoms with E-state index in [2.05, 4.69) is 18.2 Å². The highest BCUT2D eigenvalue weighted by molar-refractivity contribution is 8.69. The van der Waals surface area contributed by atoms with Crippen molar-refractivity contribution in [2.45, 2.75) is 0 Å². The van der Waals surface area contributed by atoms with Crippen LogP contribution in [0.4, 0.5) is 0 Å². The highest BCUT2D eigenvalue weighted by Gasteiger charge is 1.47. The van der Waals surface area contributed by atoms with E-state index in [0.717, 1.165) is 0 Å². The molecule has 2 heteroatoms. The SMILES string of the molecule is C=CS[S]. The van der Waals surface area contributed by atoms with Crippen LogP contribution in [-0.2, 0) is 0 Å². The molecule has 0 atom stereocenters. The van der Waals surface area contributed by atoms with Gasteiger partial charge >= 0.3 is 0 Å². The third-order valence-corrected chi connectivity index (χ3v) is 0.612. The Kier molecular flexibility index (Phi) is 3.82. The lowest BCUT2D eigenvalue weighted by atomic mass is 11.3. The zero-order valence-corrected chi connectivity index (χ0v) is 3.73. The zero-order chi connectivity index (χ0) is 3.41. The van der Waals surface area contributed by atoms with Crippen molar-refractivity contribution >= 4 is 22.5 Å². The van der Waals surface area contributed by atoms with E-state index in [1.165, 1.54) is 10.8 Å². The van der Waals surface area contributed by atoms with Crippen molar-refractivity contribution < 1.29 is 0 Å². The van der Waals surface area contributed by atoms with Crippen LogP contribution in [-0.4, -0.2) is 0 Å². The highest BCUT2D eigenvalue weighted by Crippen LogP contribution is 2.01. The molecule has 0 aromatic carbocycles. The molecule has 1 radical (unpaired) electrons. The molecule has 0 spiro atoms. The molecule has 0 nitrogen and oxygen atoms in total. The van der Waals surface area contributed by atoms with Gasteiger partial charge in [0.15, 0.2) is 0 Å². The second kappa shape index (κ2) is 3.44. The first-order valence-corrected chi connectivity index (χ1v) is 2.62. The molecule has 0 fully saturated rings. The molecule has 0 saturated carbocycles. The molecule has 0 aliphatic heterocycles. The first kappa shape index (κ1) is 4.44. The maximum atomic E-state index is 4.35. The average Bonchev–Trinajstić information content (AvgIpc) is 1.37. The van der Waals surface area contributed by atoms with Gasteiger partial charge in [-0.25, -0.2) is 0 Å². The fraction of sp³-hybridized carbons (Fsp3) is 0. The maximum Gasteiger partial charge on any atom is -0.00843 e. The van der Waals surface area contributed by atoms with Crippen molar-refractivity contribution in [2.75, 3.05) is 0 Å². The van der Waals surface area contributed by atoms with Crippen LogP contribution in [0.25, 0.3) is 0 Å². The Hall–Kier alpha value is 0.440. The minimum absolute atomic E-state index is 1.20. The van der Waals surface area contributed by atoms with Crippen molar-refractivity contribution in [3.63, 3.8) is 0 Å². The largest absolute Gasteiger partial charge is 0.0918 e. The van der Waals surface area contributed by atoms with Crippen LogP contribution in [0.2, 0.25) is 0 Å². The summed E-state index contributed by atoms with van der Waals surface area (Å²) in [5.41, 5.74) is 0. The molecule has 0 N–H and O–H groups in total. The van der Waals surface area contributed by atoms with Gasteiger partial charge in [0.1, 0.15) is 0 Å². The van der Waals surface area contributed by atoms with Crippen LogP contribution >= 0.6 is 22.5 Å². The molecule has 0 heterocycles. The summed E-state index contributed by atoms with van der Waals surface area (Å²) in [5.74, 6) is 0. The second-order valence-corrected chi connectivity index (χ2v) is 1.37. The lowest BCUT2D eigenvalue weighted by Crippen LogP contribution is -1.10. The second-order valence-electron chi connectivity index (χ2n) is 0.263. The predicted octanol–water partition coefficient (Wildman–Crippen LogP) is 1.98. The Morgan fingerprint density at radius 3 is 2.25 bits per heavy atom. The van der Waals surface area contributed by atoms with Crippen LogP contribution in [0.15, 0.2) is 12.0 Å². The lowest BCUT2D eigenvalue weighted by Gasteiger charge is -1.55. The first-order valence-electron chi connectivity index (χ1n) is 0.811. The molecule has 0 unspecified atom stereocenters. The van der Waals surface area contributed by atoms with E-state index in [-0.39, 0.29) is 0 Å². The van der Waals surface area contributed by atoms with E-state index >= 15 is 0 Å². The smallest absolute Gasteiger partial charge is 0.00843 e. The van der Waals surface area contributed by atoms with Crippen molar-refractivity contribution in [2.24, 2.45) is 0 Å². The summed E-state index contributed by atoms with van der Waals surface area (Å²) in [5, 5.41) is 1.61. The summed E-state index contributed by atoms with van der Waals surface area (Å²) in [6, 6.07) is 0. The van der Waals surface area contributed by atoms with Gasteiger partial charge in [-0.2, -0.15) is 0 Å². The van der Waals surface area contributed by atoms with Crippen molar-refractivity contribution in [3.05, 3.63) is 12.0 Å². The van der Waals surface area contributed by atoms with E-state index in [1.54, 1.807) is 5.41 Å². The van der Waals surface area contributed by atoms with Crippen LogP contribution in [0.3, 0.4) is 0 Å². The van der Waals surface area contributed by atoms with E-state index in [9.17, 15) is 0 Å². The summed E-state index contributed by atoms with van der Waals surface area (Å²) in [6.07, 6.45) is 0. The molecule has 4 heavy (non-hydrogen) atoms. The Balaban J connectivity index is 2.30. The van der Waals surface area contributed by atoms with Crippen molar-refractivity contribution in [3.8, 4) is 0 Å². The van der Waals surface area contributed by atoms with Crippen LogP contribution < -0.4 is 0 Å². The third kappa shape index (κ3) is 2.44. The van der Waals surface area contributed by atoms with Gasteiger partial charge in [0.25, 0.3) is 0 Å². The number of hydrogen-bond donors (Lipinski definition) is 0. The Bertz CT molecular complexity index is 18.0. The van der Waals surface area contributed by atoms with E-state index < -0.39 is 0 Å². The molecule has 23 valence electrons. The summed E-state index contributed by atoms with van der Waals surface area (Å²) in [4.78, 5) is 0. The molecule has 0 aromatic rings. The fourth-order valence-electron chi connectivity index (χ4n) is 0. The van der Waals surface area contributed by atoms with Gasteiger partial charge in [-0.1, -0.05) is 17.4 Å². The lowest BCUT2D eigenvalue weighted by molar-refractivity contribution is 2.69. The van der Waals surface area contributed by atoms with Gasteiger partial charge in [-0.15, -0.1) is 0 Å². The molecule has 0 bridgehead atoms. The minimum Gasteiger partial charge on any atom is -0.0918 e. The van der Waals surface area contributed by atoms with Crippen LogP contribution in [0.1, 0.15) is 0 Å². The van der Waals surface area contributed by atoms with Crippen molar-refractivity contribution in [1.82, 2.24) is 0 Å². The Labute approximate surface area is 35.1 Å². The van der Waals surface area contributed by atoms with E-state index in [4.69, 9.17) is 0 Å². The molecule has 0 saturated heterocycles. The average molecular weight is 91.2 g/mol. The first-order chi connectivity index (χ1) is 1.91.